The lowest BCUT2D eigenvalue weighted by atomic mass is 9.90. The van der Waals surface area contributed by atoms with Crippen molar-refractivity contribution in [3.63, 3.8) is 0 Å². The second-order valence-corrected chi connectivity index (χ2v) is 5.98. The molecule has 1 atom stereocenters. The Labute approximate surface area is 94.4 Å². The molecule has 0 aromatic rings. The molecule has 1 saturated carbocycles. The Hall–Kier alpha value is -0.0800. The summed E-state index contributed by atoms with van der Waals surface area (Å²) in [5.41, 5.74) is 0.535. The second-order valence-electron chi connectivity index (χ2n) is 5.98. The molecule has 1 saturated heterocycles. The molecule has 2 heteroatoms. The Kier molecular flexibility index (Phi) is 3.68. The van der Waals surface area contributed by atoms with Crippen LogP contribution >= 0.6 is 0 Å². The van der Waals surface area contributed by atoms with Crippen LogP contribution in [0.5, 0.6) is 0 Å². The predicted molar refractivity (Wildman–Crippen MR) is 65.0 cm³/mol. The first-order valence-corrected chi connectivity index (χ1v) is 6.59. The fourth-order valence-corrected chi connectivity index (χ4v) is 3.41. The van der Waals surface area contributed by atoms with Crippen LogP contribution in [-0.2, 0) is 0 Å². The normalized spacial score (nSPS) is 34.0. The van der Waals surface area contributed by atoms with Crippen LogP contribution in [0.15, 0.2) is 0 Å². The van der Waals surface area contributed by atoms with Crippen LogP contribution in [-0.4, -0.2) is 38.1 Å². The van der Waals surface area contributed by atoms with E-state index in [0.717, 1.165) is 5.92 Å². The molecule has 1 aliphatic carbocycles. The van der Waals surface area contributed by atoms with Gasteiger partial charge in [0.2, 0.25) is 0 Å². The topological polar surface area (TPSA) is 15.3 Å². The Bertz CT molecular complexity index is 199. The lowest BCUT2D eigenvalue weighted by Crippen LogP contribution is -2.34. The molecule has 88 valence electrons. The zero-order valence-electron chi connectivity index (χ0n) is 10.4. The Morgan fingerprint density at radius 1 is 1.33 bits per heavy atom. The zero-order valence-corrected chi connectivity index (χ0v) is 10.4. The summed E-state index contributed by atoms with van der Waals surface area (Å²) >= 11 is 0. The van der Waals surface area contributed by atoms with Gasteiger partial charge in [-0.3, -0.25) is 0 Å². The molecule has 0 aromatic heterocycles. The molecule has 2 fully saturated rings. The van der Waals surface area contributed by atoms with E-state index in [1.54, 1.807) is 0 Å². The van der Waals surface area contributed by atoms with Crippen LogP contribution in [0, 0.1) is 11.3 Å². The number of hydrogen-bond donors (Lipinski definition) is 1. The minimum atomic E-state index is 0.535. The highest BCUT2D eigenvalue weighted by Crippen LogP contribution is 2.32. The smallest absolute Gasteiger partial charge is 0.00481 e. The summed E-state index contributed by atoms with van der Waals surface area (Å²) in [6.45, 7) is 7.62. The number of hydrogen-bond acceptors (Lipinski definition) is 2. The molecule has 0 radical (unpaired) electrons. The van der Waals surface area contributed by atoms with Gasteiger partial charge in [0, 0.05) is 19.6 Å². The van der Waals surface area contributed by atoms with Crippen LogP contribution in [0.4, 0.5) is 0 Å². The molecule has 0 spiro atoms. The molecule has 0 bridgehead atoms. The van der Waals surface area contributed by atoms with Crippen LogP contribution in [0.2, 0.25) is 0 Å². The molecule has 1 N–H and O–H groups in total. The molecule has 0 aromatic carbocycles. The van der Waals surface area contributed by atoms with E-state index in [0.29, 0.717) is 5.41 Å². The minimum Gasteiger partial charge on any atom is -0.319 e. The van der Waals surface area contributed by atoms with Gasteiger partial charge < -0.3 is 10.2 Å². The fourth-order valence-electron chi connectivity index (χ4n) is 3.41. The summed E-state index contributed by atoms with van der Waals surface area (Å²) in [6, 6.07) is 0. The van der Waals surface area contributed by atoms with Crippen molar-refractivity contribution in [2.45, 2.75) is 39.0 Å². The van der Waals surface area contributed by atoms with Gasteiger partial charge in [-0.1, -0.05) is 19.8 Å². The van der Waals surface area contributed by atoms with E-state index in [2.05, 4.69) is 24.2 Å². The van der Waals surface area contributed by atoms with Crippen molar-refractivity contribution >= 4 is 0 Å². The second kappa shape index (κ2) is 4.84. The van der Waals surface area contributed by atoms with Gasteiger partial charge in [0.05, 0.1) is 0 Å². The van der Waals surface area contributed by atoms with E-state index in [9.17, 15) is 0 Å². The zero-order chi connectivity index (χ0) is 10.7. The van der Waals surface area contributed by atoms with Crippen LogP contribution in [0.25, 0.3) is 0 Å². The third-order valence-electron chi connectivity index (χ3n) is 4.23. The largest absolute Gasteiger partial charge is 0.319 e. The summed E-state index contributed by atoms with van der Waals surface area (Å²) in [4.78, 5) is 2.70. The van der Waals surface area contributed by atoms with Crippen molar-refractivity contribution < 1.29 is 0 Å². The third-order valence-corrected chi connectivity index (χ3v) is 4.23. The fraction of sp³-hybridized carbons (Fsp3) is 1.00. The SMILES string of the molecule is CNCC1(C)CCN(CC2CCCC2)C1. The Balaban J connectivity index is 1.76. The average Bonchev–Trinajstić information content (AvgIpc) is 2.78. The van der Waals surface area contributed by atoms with E-state index in [1.165, 1.54) is 58.3 Å². The first kappa shape index (κ1) is 11.4. The summed E-state index contributed by atoms with van der Waals surface area (Å²) in [7, 11) is 2.07. The third kappa shape index (κ3) is 2.94. The molecule has 15 heavy (non-hydrogen) atoms. The van der Waals surface area contributed by atoms with E-state index in [1.807, 2.05) is 0 Å². The van der Waals surface area contributed by atoms with Gasteiger partial charge in [0.25, 0.3) is 0 Å². The quantitative estimate of drug-likeness (QED) is 0.764. The average molecular weight is 210 g/mol. The van der Waals surface area contributed by atoms with Gasteiger partial charge in [-0.25, -0.2) is 0 Å². The van der Waals surface area contributed by atoms with Crippen LogP contribution < -0.4 is 5.32 Å². The van der Waals surface area contributed by atoms with Crippen molar-refractivity contribution in [1.82, 2.24) is 10.2 Å². The van der Waals surface area contributed by atoms with Crippen molar-refractivity contribution in [3.8, 4) is 0 Å². The molecule has 0 amide bonds. The molecule has 1 heterocycles. The molecular formula is C13H26N2. The predicted octanol–water partition coefficient (Wildman–Crippen LogP) is 2.11. The highest BCUT2D eigenvalue weighted by atomic mass is 15.2. The molecular weight excluding hydrogens is 184 g/mol. The van der Waals surface area contributed by atoms with Gasteiger partial charge >= 0.3 is 0 Å². The summed E-state index contributed by atoms with van der Waals surface area (Å²) < 4.78 is 0. The Morgan fingerprint density at radius 3 is 2.73 bits per heavy atom. The van der Waals surface area contributed by atoms with Crippen LogP contribution in [0.3, 0.4) is 0 Å². The summed E-state index contributed by atoms with van der Waals surface area (Å²) in [5, 5.41) is 3.34. The monoisotopic (exact) mass is 210 g/mol. The van der Waals surface area contributed by atoms with Gasteiger partial charge in [-0.2, -0.15) is 0 Å². The highest BCUT2D eigenvalue weighted by molar-refractivity contribution is 4.88. The highest BCUT2D eigenvalue weighted by Gasteiger charge is 2.34. The summed E-state index contributed by atoms with van der Waals surface area (Å²) in [5.74, 6) is 1.02. The first-order chi connectivity index (χ1) is 7.22. The lowest BCUT2D eigenvalue weighted by molar-refractivity contribution is 0.239. The number of nitrogens with zero attached hydrogens (tertiary/aromatic N) is 1. The van der Waals surface area contributed by atoms with E-state index in [-0.39, 0.29) is 0 Å². The van der Waals surface area contributed by atoms with Crippen molar-refractivity contribution in [2.75, 3.05) is 33.2 Å². The summed E-state index contributed by atoms with van der Waals surface area (Å²) in [6.07, 6.45) is 7.30. The standard InChI is InChI=1S/C13H26N2/c1-13(10-14-2)7-8-15(11-13)9-12-5-3-4-6-12/h12,14H,3-11H2,1-2H3. The number of rotatable bonds is 4. The maximum Gasteiger partial charge on any atom is 0.00481 e. The first-order valence-electron chi connectivity index (χ1n) is 6.59. The van der Waals surface area contributed by atoms with E-state index < -0.39 is 0 Å². The molecule has 2 rings (SSSR count). The van der Waals surface area contributed by atoms with Crippen molar-refractivity contribution in [1.29, 1.82) is 0 Å². The van der Waals surface area contributed by atoms with Crippen molar-refractivity contribution in [2.24, 2.45) is 11.3 Å². The van der Waals surface area contributed by atoms with Gasteiger partial charge in [0.1, 0.15) is 0 Å². The molecule has 1 unspecified atom stereocenters. The number of nitrogens with one attached hydrogen (secondary N) is 1. The number of likely N-dealkylation sites (tertiary alicyclic amines) is 1. The van der Waals surface area contributed by atoms with Crippen LogP contribution in [0.1, 0.15) is 39.0 Å². The van der Waals surface area contributed by atoms with Gasteiger partial charge in [0.15, 0.2) is 0 Å². The maximum absolute atomic E-state index is 3.34. The van der Waals surface area contributed by atoms with E-state index in [4.69, 9.17) is 0 Å². The van der Waals surface area contributed by atoms with Gasteiger partial charge in [-0.05, 0) is 44.2 Å². The van der Waals surface area contributed by atoms with E-state index >= 15 is 0 Å². The van der Waals surface area contributed by atoms with Crippen molar-refractivity contribution in [3.05, 3.63) is 0 Å². The molecule has 1 aliphatic heterocycles. The molecule has 2 nitrogen and oxygen atoms in total. The maximum atomic E-state index is 3.34. The Morgan fingerprint density at radius 2 is 2.07 bits per heavy atom. The minimum absolute atomic E-state index is 0.535. The van der Waals surface area contributed by atoms with Gasteiger partial charge in [-0.15, -0.1) is 0 Å². The molecule has 2 aliphatic rings. The lowest BCUT2D eigenvalue weighted by Gasteiger charge is -2.25.